The second kappa shape index (κ2) is 5.84. The average Bonchev–Trinajstić information content (AvgIpc) is 2.18. The number of carbonyl (C=O) groups is 1. The number of halogens is 2. The number of benzene rings is 1. The van der Waals surface area contributed by atoms with Gasteiger partial charge in [-0.05, 0) is 18.2 Å². The zero-order chi connectivity index (χ0) is 12.1. The SMILES string of the molecule is CC(CC(=O)O)SCc1cc(F)ccc1F. The van der Waals surface area contributed by atoms with Gasteiger partial charge in [-0.2, -0.15) is 11.8 Å². The van der Waals surface area contributed by atoms with Crippen LogP contribution in [-0.4, -0.2) is 16.3 Å². The summed E-state index contributed by atoms with van der Waals surface area (Å²) in [7, 11) is 0. The predicted octanol–water partition coefficient (Wildman–Crippen LogP) is 3.06. The average molecular weight is 246 g/mol. The highest BCUT2D eigenvalue weighted by Crippen LogP contribution is 2.22. The second-order valence-electron chi connectivity index (χ2n) is 3.46. The zero-order valence-electron chi connectivity index (χ0n) is 8.74. The standard InChI is InChI=1S/C11H12F2O2S/c1-7(4-11(14)15)16-6-8-5-9(12)2-3-10(8)13/h2-3,5,7H,4,6H2,1H3,(H,14,15). The Morgan fingerprint density at radius 2 is 2.19 bits per heavy atom. The molecule has 1 N–H and O–H groups in total. The first kappa shape index (κ1) is 13.0. The highest BCUT2D eigenvalue weighted by Gasteiger charge is 2.10. The molecule has 0 fully saturated rings. The molecule has 0 amide bonds. The maximum atomic E-state index is 13.2. The highest BCUT2D eigenvalue weighted by molar-refractivity contribution is 7.99. The van der Waals surface area contributed by atoms with Crippen molar-refractivity contribution in [1.82, 2.24) is 0 Å². The fourth-order valence-electron chi connectivity index (χ4n) is 1.19. The molecule has 16 heavy (non-hydrogen) atoms. The molecule has 1 rings (SSSR count). The first-order valence-corrected chi connectivity index (χ1v) is 5.81. The van der Waals surface area contributed by atoms with Gasteiger partial charge in [-0.25, -0.2) is 8.78 Å². The van der Waals surface area contributed by atoms with Crippen LogP contribution in [0.2, 0.25) is 0 Å². The molecule has 0 saturated carbocycles. The van der Waals surface area contributed by atoms with Crippen LogP contribution in [0.4, 0.5) is 8.78 Å². The van der Waals surface area contributed by atoms with Gasteiger partial charge in [0.1, 0.15) is 11.6 Å². The van der Waals surface area contributed by atoms with Crippen LogP contribution in [0.5, 0.6) is 0 Å². The van der Waals surface area contributed by atoms with Crippen molar-refractivity contribution in [3.8, 4) is 0 Å². The second-order valence-corrected chi connectivity index (χ2v) is 4.88. The first-order chi connectivity index (χ1) is 7.49. The number of aliphatic carboxylic acids is 1. The Balaban J connectivity index is 2.54. The third-order valence-electron chi connectivity index (χ3n) is 1.99. The Kier molecular flexibility index (Phi) is 4.73. The van der Waals surface area contributed by atoms with Crippen LogP contribution in [0.25, 0.3) is 0 Å². The fourth-order valence-corrected chi connectivity index (χ4v) is 2.14. The Hall–Kier alpha value is -1.10. The maximum absolute atomic E-state index is 13.2. The van der Waals surface area contributed by atoms with Crippen molar-refractivity contribution >= 4 is 17.7 Å². The van der Waals surface area contributed by atoms with Crippen molar-refractivity contribution < 1.29 is 18.7 Å². The molecular weight excluding hydrogens is 234 g/mol. The van der Waals surface area contributed by atoms with Crippen LogP contribution in [0.15, 0.2) is 18.2 Å². The molecule has 0 aromatic heterocycles. The Morgan fingerprint density at radius 1 is 1.50 bits per heavy atom. The van der Waals surface area contributed by atoms with E-state index in [-0.39, 0.29) is 23.0 Å². The number of carboxylic acids is 1. The Labute approximate surface area is 96.7 Å². The van der Waals surface area contributed by atoms with E-state index < -0.39 is 17.6 Å². The van der Waals surface area contributed by atoms with E-state index in [0.717, 1.165) is 18.2 Å². The smallest absolute Gasteiger partial charge is 0.304 e. The number of carboxylic acid groups (broad SMARTS) is 1. The van der Waals surface area contributed by atoms with E-state index in [1.165, 1.54) is 11.8 Å². The van der Waals surface area contributed by atoms with Crippen LogP contribution < -0.4 is 0 Å². The lowest BCUT2D eigenvalue weighted by Gasteiger charge is -2.08. The molecule has 5 heteroatoms. The van der Waals surface area contributed by atoms with Gasteiger partial charge in [0, 0.05) is 16.6 Å². The van der Waals surface area contributed by atoms with Crippen molar-refractivity contribution in [3.05, 3.63) is 35.4 Å². The van der Waals surface area contributed by atoms with Crippen LogP contribution >= 0.6 is 11.8 Å². The first-order valence-electron chi connectivity index (χ1n) is 4.76. The summed E-state index contributed by atoms with van der Waals surface area (Å²) in [5.74, 6) is -1.56. The minimum atomic E-state index is -0.889. The molecule has 2 nitrogen and oxygen atoms in total. The van der Waals surface area contributed by atoms with E-state index >= 15 is 0 Å². The molecule has 0 aliphatic rings. The van der Waals surface area contributed by atoms with Crippen molar-refractivity contribution in [2.45, 2.75) is 24.3 Å². The molecule has 0 spiro atoms. The van der Waals surface area contributed by atoms with Crippen LogP contribution in [0, 0.1) is 11.6 Å². The van der Waals surface area contributed by atoms with E-state index in [1.807, 2.05) is 0 Å². The summed E-state index contributed by atoms with van der Waals surface area (Å²) >= 11 is 1.29. The fraction of sp³-hybridized carbons (Fsp3) is 0.364. The Bertz CT molecular complexity index is 382. The number of hydrogen-bond donors (Lipinski definition) is 1. The van der Waals surface area contributed by atoms with E-state index in [2.05, 4.69) is 0 Å². The van der Waals surface area contributed by atoms with Crippen LogP contribution in [-0.2, 0) is 10.5 Å². The summed E-state index contributed by atoms with van der Waals surface area (Å²) in [5.41, 5.74) is 0.266. The minimum absolute atomic E-state index is 0.0155. The quantitative estimate of drug-likeness (QED) is 0.867. The molecule has 1 aromatic carbocycles. The molecule has 0 aliphatic carbocycles. The number of hydrogen-bond acceptors (Lipinski definition) is 2. The normalized spacial score (nSPS) is 12.4. The van der Waals surface area contributed by atoms with Crippen molar-refractivity contribution in [3.63, 3.8) is 0 Å². The van der Waals surface area contributed by atoms with Crippen LogP contribution in [0.1, 0.15) is 18.9 Å². The topological polar surface area (TPSA) is 37.3 Å². The van der Waals surface area contributed by atoms with E-state index in [1.54, 1.807) is 6.92 Å². The van der Waals surface area contributed by atoms with Crippen molar-refractivity contribution in [2.24, 2.45) is 0 Å². The van der Waals surface area contributed by atoms with E-state index in [4.69, 9.17) is 5.11 Å². The molecule has 0 bridgehead atoms. The molecule has 1 atom stereocenters. The van der Waals surface area contributed by atoms with E-state index in [0.29, 0.717) is 0 Å². The van der Waals surface area contributed by atoms with Gasteiger partial charge in [0.15, 0.2) is 0 Å². The van der Waals surface area contributed by atoms with Gasteiger partial charge in [0.05, 0.1) is 6.42 Å². The highest BCUT2D eigenvalue weighted by atomic mass is 32.2. The largest absolute Gasteiger partial charge is 0.481 e. The van der Waals surface area contributed by atoms with E-state index in [9.17, 15) is 13.6 Å². The Morgan fingerprint density at radius 3 is 2.81 bits per heavy atom. The molecule has 0 heterocycles. The summed E-state index contributed by atoms with van der Waals surface area (Å²) in [6.45, 7) is 1.75. The van der Waals surface area contributed by atoms with Gasteiger partial charge < -0.3 is 5.11 Å². The lowest BCUT2D eigenvalue weighted by atomic mass is 10.2. The summed E-state index contributed by atoms with van der Waals surface area (Å²) in [4.78, 5) is 10.4. The monoisotopic (exact) mass is 246 g/mol. The number of thioether (sulfide) groups is 1. The van der Waals surface area contributed by atoms with Gasteiger partial charge in [-0.3, -0.25) is 4.79 Å². The zero-order valence-corrected chi connectivity index (χ0v) is 9.56. The predicted molar refractivity (Wildman–Crippen MR) is 59.4 cm³/mol. The van der Waals surface area contributed by atoms with Gasteiger partial charge in [0.25, 0.3) is 0 Å². The molecule has 0 radical (unpaired) electrons. The van der Waals surface area contributed by atoms with Crippen LogP contribution in [0.3, 0.4) is 0 Å². The lowest BCUT2D eigenvalue weighted by molar-refractivity contribution is -0.136. The van der Waals surface area contributed by atoms with Crippen molar-refractivity contribution in [2.75, 3.05) is 0 Å². The summed E-state index contributed by atoms with van der Waals surface area (Å²) in [6.07, 6.45) is 0.0155. The molecular formula is C11H12F2O2S. The number of rotatable bonds is 5. The molecule has 0 saturated heterocycles. The summed E-state index contributed by atoms with van der Waals surface area (Å²) in [5, 5.41) is 8.41. The minimum Gasteiger partial charge on any atom is -0.481 e. The van der Waals surface area contributed by atoms with Crippen molar-refractivity contribution in [1.29, 1.82) is 0 Å². The third kappa shape index (κ3) is 4.18. The summed E-state index contributed by atoms with van der Waals surface area (Å²) in [6, 6.07) is 3.27. The van der Waals surface area contributed by atoms with Gasteiger partial charge in [-0.15, -0.1) is 0 Å². The molecule has 0 aliphatic heterocycles. The lowest BCUT2D eigenvalue weighted by Crippen LogP contribution is -2.06. The molecule has 1 unspecified atom stereocenters. The van der Waals surface area contributed by atoms with Gasteiger partial charge in [-0.1, -0.05) is 6.92 Å². The summed E-state index contributed by atoms with van der Waals surface area (Å²) < 4.78 is 26.0. The third-order valence-corrected chi connectivity index (χ3v) is 3.21. The van der Waals surface area contributed by atoms with Gasteiger partial charge >= 0.3 is 5.97 Å². The van der Waals surface area contributed by atoms with Gasteiger partial charge in [0.2, 0.25) is 0 Å². The molecule has 1 aromatic rings. The maximum Gasteiger partial charge on any atom is 0.304 e. The molecule has 88 valence electrons.